The topological polar surface area (TPSA) is 107 Å². The van der Waals surface area contributed by atoms with Gasteiger partial charge in [0, 0.05) is 12.1 Å². The molecule has 0 spiro atoms. The van der Waals surface area contributed by atoms with E-state index in [2.05, 4.69) is 36.3 Å². The Hall–Kier alpha value is -3.42. The molecule has 1 amide bonds. The molecule has 0 aliphatic rings. The van der Waals surface area contributed by atoms with Gasteiger partial charge < -0.3 is 18.9 Å². The van der Waals surface area contributed by atoms with Crippen molar-refractivity contribution in [3.63, 3.8) is 0 Å². The van der Waals surface area contributed by atoms with Gasteiger partial charge in [0.1, 0.15) is 0 Å². The third kappa shape index (κ3) is 5.54. The summed E-state index contributed by atoms with van der Waals surface area (Å²) in [5.74, 6) is 0.0937. The first kappa shape index (κ1) is 20.3. The molecule has 2 heterocycles. The fourth-order valence-corrected chi connectivity index (χ4v) is 2.53. The van der Waals surface area contributed by atoms with Gasteiger partial charge in [0.15, 0.2) is 12.4 Å². The summed E-state index contributed by atoms with van der Waals surface area (Å²) in [5, 5.41) is 10.3. The van der Waals surface area contributed by atoms with Crippen LogP contribution in [0, 0.1) is 0 Å². The van der Waals surface area contributed by atoms with Gasteiger partial charge in [-0.25, -0.2) is 0 Å². The molecule has 0 saturated heterocycles. The Morgan fingerprint density at radius 3 is 2.52 bits per heavy atom. The molecule has 2 aromatic heterocycles. The molecular formula is C21H23N3O5. The van der Waals surface area contributed by atoms with Gasteiger partial charge in [-0.2, -0.15) is 0 Å². The van der Waals surface area contributed by atoms with Crippen LogP contribution in [0.15, 0.2) is 51.5 Å². The fourth-order valence-electron chi connectivity index (χ4n) is 2.53. The first-order valence-corrected chi connectivity index (χ1v) is 9.23. The molecule has 0 aliphatic carbocycles. The standard InChI is InChI=1S/C21H23N3O5/c1-21(2,3)15-8-6-14(7-9-15)19(26)22-11-10-18(25)28-13-17-23-24-20(29-17)16-5-4-12-27-16/h4-9,12H,10-11,13H2,1-3H3,(H,22,26). The molecule has 0 unspecified atom stereocenters. The summed E-state index contributed by atoms with van der Waals surface area (Å²) in [6.45, 7) is 6.36. The number of nitrogens with zero attached hydrogens (tertiary/aromatic N) is 2. The maximum Gasteiger partial charge on any atom is 0.308 e. The number of rotatable bonds is 7. The quantitative estimate of drug-likeness (QED) is 0.608. The van der Waals surface area contributed by atoms with Gasteiger partial charge in [-0.1, -0.05) is 32.9 Å². The van der Waals surface area contributed by atoms with E-state index >= 15 is 0 Å². The maximum atomic E-state index is 12.2. The van der Waals surface area contributed by atoms with E-state index in [-0.39, 0.29) is 42.7 Å². The van der Waals surface area contributed by atoms with Crippen molar-refractivity contribution in [3.8, 4) is 11.7 Å². The number of aromatic nitrogens is 2. The second-order valence-corrected chi connectivity index (χ2v) is 7.47. The molecule has 29 heavy (non-hydrogen) atoms. The lowest BCUT2D eigenvalue weighted by Gasteiger charge is -2.19. The molecule has 1 aromatic carbocycles. The summed E-state index contributed by atoms with van der Waals surface area (Å²) in [5.41, 5.74) is 1.71. The van der Waals surface area contributed by atoms with Crippen LogP contribution < -0.4 is 5.32 Å². The highest BCUT2D eigenvalue weighted by Gasteiger charge is 2.15. The highest BCUT2D eigenvalue weighted by molar-refractivity contribution is 5.94. The summed E-state index contributed by atoms with van der Waals surface area (Å²) in [7, 11) is 0. The van der Waals surface area contributed by atoms with Crippen LogP contribution in [0.1, 0.15) is 49.0 Å². The summed E-state index contributed by atoms with van der Waals surface area (Å²) in [6.07, 6.45) is 1.53. The maximum absolute atomic E-state index is 12.2. The van der Waals surface area contributed by atoms with Crippen LogP contribution in [-0.4, -0.2) is 28.6 Å². The minimum Gasteiger partial charge on any atom is -0.459 e. The molecule has 0 fully saturated rings. The lowest BCUT2D eigenvalue weighted by molar-refractivity contribution is -0.145. The molecule has 1 N–H and O–H groups in total. The molecule has 3 rings (SSSR count). The molecule has 152 valence electrons. The number of esters is 1. The van der Waals surface area contributed by atoms with Crippen molar-refractivity contribution in [3.05, 3.63) is 59.7 Å². The van der Waals surface area contributed by atoms with Crippen molar-refractivity contribution >= 4 is 11.9 Å². The lowest BCUT2D eigenvalue weighted by Crippen LogP contribution is -2.26. The Balaban J connectivity index is 1.40. The smallest absolute Gasteiger partial charge is 0.308 e. The van der Waals surface area contributed by atoms with Crippen LogP contribution in [-0.2, 0) is 21.6 Å². The van der Waals surface area contributed by atoms with Crippen LogP contribution in [0.3, 0.4) is 0 Å². The number of amides is 1. The van der Waals surface area contributed by atoms with E-state index in [4.69, 9.17) is 13.6 Å². The zero-order chi connectivity index (χ0) is 20.9. The van der Waals surface area contributed by atoms with E-state index in [1.807, 2.05) is 12.1 Å². The highest BCUT2D eigenvalue weighted by atomic mass is 16.5. The Morgan fingerprint density at radius 1 is 1.10 bits per heavy atom. The number of ether oxygens (including phenoxy) is 1. The van der Waals surface area contributed by atoms with Gasteiger partial charge in [0.2, 0.25) is 0 Å². The van der Waals surface area contributed by atoms with E-state index in [0.717, 1.165) is 5.56 Å². The van der Waals surface area contributed by atoms with Crippen LogP contribution in [0.2, 0.25) is 0 Å². The molecule has 8 heteroatoms. The van der Waals surface area contributed by atoms with Crippen molar-refractivity contribution in [1.82, 2.24) is 15.5 Å². The molecule has 0 radical (unpaired) electrons. The van der Waals surface area contributed by atoms with Crippen LogP contribution >= 0.6 is 0 Å². The number of furan rings is 1. The van der Waals surface area contributed by atoms with Gasteiger partial charge in [0.25, 0.3) is 17.7 Å². The van der Waals surface area contributed by atoms with Crippen molar-refractivity contribution in [1.29, 1.82) is 0 Å². The predicted octanol–water partition coefficient (Wildman–Crippen LogP) is 3.49. The lowest BCUT2D eigenvalue weighted by atomic mass is 9.87. The Labute approximate surface area is 168 Å². The second kappa shape index (κ2) is 8.72. The number of carbonyl (C=O) groups excluding carboxylic acids is 2. The number of hydrogen-bond acceptors (Lipinski definition) is 7. The minimum atomic E-state index is -0.480. The average molecular weight is 397 g/mol. The van der Waals surface area contributed by atoms with Crippen molar-refractivity contribution in [2.75, 3.05) is 6.54 Å². The van der Waals surface area contributed by atoms with Crippen LogP contribution in [0.4, 0.5) is 0 Å². The van der Waals surface area contributed by atoms with Gasteiger partial charge >= 0.3 is 5.97 Å². The largest absolute Gasteiger partial charge is 0.459 e. The first-order chi connectivity index (χ1) is 13.8. The zero-order valence-electron chi connectivity index (χ0n) is 16.6. The van der Waals surface area contributed by atoms with E-state index in [0.29, 0.717) is 11.3 Å². The minimum absolute atomic E-state index is 0.0237. The summed E-state index contributed by atoms with van der Waals surface area (Å²) >= 11 is 0. The molecule has 0 bridgehead atoms. The van der Waals surface area contributed by atoms with E-state index in [1.54, 1.807) is 24.3 Å². The van der Waals surface area contributed by atoms with Crippen molar-refractivity contribution in [2.24, 2.45) is 0 Å². The SMILES string of the molecule is CC(C)(C)c1ccc(C(=O)NCCC(=O)OCc2nnc(-c3ccco3)o2)cc1. The van der Waals surface area contributed by atoms with Gasteiger partial charge in [-0.15, -0.1) is 10.2 Å². The van der Waals surface area contributed by atoms with Crippen molar-refractivity contribution < 1.29 is 23.2 Å². The highest BCUT2D eigenvalue weighted by Crippen LogP contribution is 2.22. The third-order valence-electron chi connectivity index (χ3n) is 4.18. The molecule has 3 aromatic rings. The van der Waals surface area contributed by atoms with Crippen LogP contribution in [0.25, 0.3) is 11.7 Å². The molecular weight excluding hydrogens is 374 g/mol. The van der Waals surface area contributed by atoms with E-state index in [1.165, 1.54) is 6.26 Å². The molecule has 0 saturated carbocycles. The normalized spacial score (nSPS) is 11.3. The fraction of sp³-hybridized carbons (Fsp3) is 0.333. The average Bonchev–Trinajstić information content (AvgIpc) is 3.37. The van der Waals surface area contributed by atoms with Gasteiger partial charge in [-0.05, 0) is 35.2 Å². The van der Waals surface area contributed by atoms with Gasteiger partial charge in [-0.3, -0.25) is 9.59 Å². The third-order valence-corrected chi connectivity index (χ3v) is 4.18. The Kier molecular flexibility index (Phi) is 6.11. The second-order valence-electron chi connectivity index (χ2n) is 7.47. The number of benzene rings is 1. The van der Waals surface area contributed by atoms with E-state index < -0.39 is 5.97 Å². The summed E-state index contributed by atoms with van der Waals surface area (Å²) in [4.78, 5) is 24.0. The first-order valence-electron chi connectivity index (χ1n) is 9.23. The number of nitrogens with one attached hydrogen (secondary N) is 1. The van der Waals surface area contributed by atoms with Crippen LogP contribution in [0.5, 0.6) is 0 Å². The monoisotopic (exact) mass is 397 g/mol. The number of hydrogen-bond donors (Lipinski definition) is 1. The Bertz CT molecular complexity index is 953. The van der Waals surface area contributed by atoms with Crippen molar-refractivity contribution in [2.45, 2.75) is 39.2 Å². The summed E-state index contributed by atoms with van der Waals surface area (Å²) < 4.78 is 15.6. The summed E-state index contributed by atoms with van der Waals surface area (Å²) in [6, 6.07) is 10.8. The molecule has 0 atom stereocenters. The number of carbonyl (C=O) groups is 2. The molecule has 8 nitrogen and oxygen atoms in total. The predicted molar refractivity (Wildman–Crippen MR) is 104 cm³/mol. The Morgan fingerprint density at radius 2 is 1.86 bits per heavy atom. The zero-order valence-corrected chi connectivity index (χ0v) is 16.6. The van der Waals surface area contributed by atoms with E-state index in [9.17, 15) is 9.59 Å². The molecule has 0 aliphatic heterocycles. The van der Waals surface area contributed by atoms with Gasteiger partial charge in [0.05, 0.1) is 12.7 Å².